The van der Waals surface area contributed by atoms with Crippen molar-refractivity contribution in [3.05, 3.63) is 83.3 Å². The first kappa shape index (κ1) is 23.7. The van der Waals surface area contributed by atoms with E-state index in [1.165, 1.54) is 18.2 Å². The van der Waals surface area contributed by atoms with Gasteiger partial charge in [-0.2, -0.15) is 9.37 Å². The monoisotopic (exact) mass is 521 g/mol. The Kier molecular flexibility index (Phi) is 6.02. The second kappa shape index (κ2) is 9.65. The first-order valence-electron chi connectivity index (χ1n) is 11.9. The highest BCUT2D eigenvalue weighted by atomic mass is 19.3. The molecule has 1 aromatic carbocycles. The van der Waals surface area contributed by atoms with Crippen LogP contribution in [-0.4, -0.2) is 49.8 Å². The quantitative estimate of drug-likeness (QED) is 0.378. The van der Waals surface area contributed by atoms with Crippen molar-refractivity contribution < 1.29 is 17.9 Å². The lowest BCUT2D eigenvalue weighted by atomic mass is 10.2. The molecule has 38 heavy (non-hydrogen) atoms. The number of benzene rings is 1. The topological polar surface area (TPSA) is 97.1 Å². The van der Waals surface area contributed by atoms with Crippen molar-refractivity contribution in [3.63, 3.8) is 0 Å². The minimum atomic E-state index is -2.54. The summed E-state index contributed by atoms with van der Waals surface area (Å²) < 4.78 is 46.9. The molecule has 0 spiro atoms. The number of fused-ring (bicyclic) bond motifs is 3. The van der Waals surface area contributed by atoms with Gasteiger partial charge in [0.05, 0.1) is 29.3 Å². The average Bonchev–Trinajstić information content (AvgIpc) is 3.31. The van der Waals surface area contributed by atoms with E-state index < -0.39 is 12.4 Å². The highest BCUT2D eigenvalue weighted by molar-refractivity contribution is 5.73. The standard InChI is InChI=1S/C25H22F3N9O/c1-15-20(37(34-31-15)17-4-2-16(3-5-17)24(27)28)14-38-23-9-8-22(32-33-23)35-10-11-36-18(13-35)12-29-19-6-7-21(26)30-25(19)36/h2-9,12,24,29H,10-11,13-14H2,1H3. The predicted molar refractivity (Wildman–Crippen MR) is 133 cm³/mol. The number of ether oxygens (including phenoxy) is 1. The summed E-state index contributed by atoms with van der Waals surface area (Å²) in [6.45, 7) is 3.72. The second-order valence-electron chi connectivity index (χ2n) is 8.80. The van der Waals surface area contributed by atoms with Gasteiger partial charge in [0.2, 0.25) is 11.8 Å². The molecule has 0 amide bonds. The van der Waals surface area contributed by atoms with E-state index in [2.05, 4.69) is 35.7 Å². The molecule has 0 unspecified atom stereocenters. The van der Waals surface area contributed by atoms with Crippen LogP contribution in [0.25, 0.3) is 5.69 Å². The number of aromatic nitrogens is 6. The summed E-state index contributed by atoms with van der Waals surface area (Å²) in [5, 5.41) is 19.9. The number of rotatable bonds is 6. The van der Waals surface area contributed by atoms with Crippen LogP contribution in [0.1, 0.15) is 23.4 Å². The van der Waals surface area contributed by atoms with Gasteiger partial charge in [-0.25, -0.2) is 13.5 Å². The zero-order valence-corrected chi connectivity index (χ0v) is 20.2. The number of hydrogen-bond donors (Lipinski definition) is 1. The van der Waals surface area contributed by atoms with Gasteiger partial charge >= 0.3 is 0 Å². The van der Waals surface area contributed by atoms with Gasteiger partial charge in [-0.15, -0.1) is 15.3 Å². The lowest BCUT2D eigenvalue weighted by Gasteiger charge is -2.40. The predicted octanol–water partition coefficient (Wildman–Crippen LogP) is 4.01. The lowest BCUT2D eigenvalue weighted by Crippen LogP contribution is -2.47. The summed E-state index contributed by atoms with van der Waals surface area (Å²) in [6, 6.07) is 12.4. The number of hydrogen-bond acceptors (Lipinski definition) is 9. The molecular formula is C25H22F3N9O. The number of halogens is 3. The average molecular weight is 522 g/mol. The van der Waals surface area contributed by atoms with Gasteiger partial charge in [0, 0.05) is 30.9 Å². The van der Waals surface area contributed by atoms with Gasteiger partial charge in [0.25, 0.3) is 6.43 Å². The van der Waals surface area contributed by atoms with Crippen LogP contribution in [0.15, 0.2) is 60.4 Å². The molecule has 13 heteroatoms. The van der Waals surface area contributed by atoms with E-state index in [1.807, 2.05) is 17.2 Å². The molecule has 2 aliphatic rings. The fourth-order valence-electron chi connectivity index (χ4n) is 4.40. The zero-order valence-electron chi connectivity index (χ0n) is 20.2. The van der Waals surface area contributed by atoms with Gasteiger partial charge in [0.1, 0.15) is 12.3 Å². The van der Waals surface area contributed by atoms with Gasteiger partial charge in [-0.05, 0) is 37.3 Å². The lowest BCUT2D eigenvalue weighted by molar-refractivity contribution is 0.151. The third-order valence-electron chi connectivity index (χ3n) is 6.44. The normalized spacial score (nSPS) is 14.6. The first-order chi connectivity index (χ1) is 18.5. The molecule has 0 radical (unpaired) electrons. The van der Waals surface area contributed by atoms with Gasteiger partial charge < -0.3 is 19.9 Å². The molecule has 4 aromatic rings. The van der Waals surface area contributed by atoms with Crippen LogP contribution < -0.4 is 19.9 Å². The highest BCUT2D eigenvalue weighted by Gasteiger charge is 2.28. The van der Waals surface area contributed by atoms with E-state index in [4.69, 9.17) is 4.74 Å². The Morgan fingerprint density at radius 3 is 2.61 bits per heavy atom. The van der Waals surface area contributed by atoms with Crippen LogP contribution in [0.3, 0.4) is 0 Å². The highest BCUT2D eigenvalue weighted by Crippen LogP contribution is 2.33. The number of nitrogens with zero attached hydrogens (tertiary/aromatic N) is 8. The number of anilines is 3. The molecule has 194 valence electrons. The summed E-state index contributed by atoms with van der Waals surface area (Å²) in [5.41, 5.74) is 3.56. The minimum absolute atomic E-state index is 0.0633. The Balaban J connectivity index is 1.11. The third kappa shape index (κ3) is 4.46. The molecule has 5 heterocycles. The van der Waals surface area contributed by atoms with Crippen LogP contribution in [0.5, 0.6) is 5.88 Å². The maximum absolute atomic E-state index is 13.7. The summed E-state index contributed by atoms with van der Waals surface area (Å²) in [6.07, 6.45) is -0.649. The van der Waals surface area contributed by atoms with E-state index in [-0.39, 0.29) is 12.2 Å². The Morgan fingerprint density at radius 1 is 1.00 bits per heavy atom. The number of piperazine rings is 1. The van der Waals surface area contributed by atoms with Crippen LogP contribution in [-0.2, 0) is 6.61 Å². The third-order valence-corrected chi connectivity index (χ3v) is 6.44. The van der Waals surface area contributed by atoms with E-state index in [9.17, 15) is 13.2 Å². The summed E-state index contributed by atoms with van der Waals surface area (Å²) in [7, 11) is 0. The smallest absolute Gasteiger partial charge is 0.263 e. The second-order valence-corrected chi connectivity index (χ2v) is 8.80. The summed E-state index contributed by atoms with van der Waals surface area (Å²) in [5.74, 6) is 1.05. The number of alkyl halides is 2. The van der Waals surface area contributed by atoms with Gasteiger partial charge in [0.15, 0.2) is 11.6 Å². The van der Waals surface area contributed by atoms with Crippen molar-refractivity contribution >= 4 is 17.3 Å². The van der Waals surface area contributed by atoms with Crippen molar-refractivity contribution in [1.29, 1.82) is 0 Å². The number of nitrogens with one attached hydrogen (secondary N) is 1. The van der Waals surface area contributed by atoms with Crippen LogP contribution >= 0.6 is 0 Å². The van der Waals surface area contributed by atoms with Crippen molar-refractivity contribution in [2.24, 2.45) is 0 Å². The molecule has 3 aromatic heterocycles. The molecule has 2 aliphatic heterocycles. The fraction of sp³-hybridized carbons (Fsp3) is 0.240. The Hall–Kier alpha value is -4.68. The zero-order chi connectivity index (χ0) is 26.2. The molecule has 6 rings (SSSR count). The summed E-state index contributed by atoms with van der Waals surface area (Å²) in [4.78, 5) is 8.11. The maximum atomic E-state index is 13.7. The molecular weight excluding hydrogens is 499 g/mol. The number of aryl methyl sites for hydroxylation is 1. The SMILES string of the molecule is Cc1nnn(-c2ccc(C(F)F)cc2)c1COc1ccc(N2CCN3C(=CNc4ccc(F)nc43)C2)nn1. The molecule has 1 fully saturated rings. The van der Waals surface area contributed by atoms with E-state index in [0.717, 1.165) is 11.4 Å². The Morgan fingerprint density at radius 2 is 1.84 bits per heavy atom. The molecule has 0 bridgehead atoms. The largest absolute Gasteiger partial charge is 0.470 e. The van der Waals surface area contributed by atoms with Crippen molar-refractivity contribution in [3.8, 4) is 11.6 Å². The first-order valence-corrected chi connectivity index (χ1v) is 11.9. The van der Waals surface area contributed by atoms with Crippen molar-refractivity contribution in [2.75, 3.05) is 34.8 Å². The van der Waals surface area contributed by atoms with Crippen LogP contribution in [0.2, 0.25) is 0 Å². The maximum Gasteiger partial charge on any atom is 0.263 e. The van der Waals surface area contributed by atoms with Crippen LogP contribution in [0.4, 0.5) is 30.5 Å². The van der Waals surface area contributed by atoms with E-state index in [1.54, 1.807) is 35.9 Å². The Labute approximate surface area is 215 Å². The van der Waals surface area contributed by atoms with Crippen LogP contribution in [0, 0.1) is 12.9 Å². The molecule has 0 saturated carbocycles. The van der Waals surface area contributed by atoms with Gasteiger partial charge in [-0.1, -0.05) is 17.3 Å². The minimum Gasteiger partial charge on any atom is -0.470 e. The fourth-order valence-corrected chi connectivity index (χ4v) is 4.40. The van der Waals surface area contributed by atoms with E-state index >= 15 is 0 Å². The van der Waals surface area contributed by atoms with Gasteiger partial charge in [-0.3, -0.25) is 0 Å². The Bertz CT molecular complexity index is 1490. The molecule has 1 saturated heterocycles. The molecule has 0 atom stereocenters. The van der Waals surface area contributed by atoms with Crippen molar-refractivity contribution in [1.82, 2.24) is 30.2 Å². The van der Waals surface area contributed by atoms with Crippen molar-refractivity contribution in [2.45, 2.75) is 20.0 Å². The number of pyridine rings is 1. The molecule has 10 nitrogen and oxygen atoms in total. The summed E-state index contributed by atoms with van der Waals surface area (Å²) >= 11 is 0. The van der Waals surface area contributed by atoms with E-state index in [0.29, 0.717) is 54.2 Å². The molecule has 0 aliphatic carbocycles. The molecule has 1 N–H and O–H groups in total.